The van der Waals surface area contributed by atoms with Crippen molar-refractivity contribution in [3.05, 3.63) is 23.8 Å². The monoisotopic (exact) mass is 180 g/mol. The molecule has 0 saturated carbocycles. The van der Waals surface area contributed by atoms with Crippen LogP contribution >= 0.6 is 0 Å². The van der Waals surface area contributed by atoms with E-state index in [1.165, 1.54) is 6.92 Å². The van der Waals surface area contributed by atoms with Crippen LogP contribution in [0.15, 0.2) is 18.2 Å². The lowest BCUT2D eigenvalue weighted by Crippen LogP contribution is -2.02. The third kappa shape index (κ3) is 2.66. The van der Waals surface area contributed by atoms with Gasteiger partial charge in [0.1, 0.15) is 6.61 Å². The Labute approximate surface area is 76.5 Å². The second-order valence-electron chi connectivity index (χ2n) is 2.74. The van der Waals surface area contributed by atoms with Crippen molar-refractivity contribution in [3.63, 3.8) is 0 Å². The summed E-state index contributed by atoms with van der Waals surface area (Å²) in [6.45, 7) is 1.52. The molecule has 0 aromatic heterocycles. The van der Waals surface area contributed by atoms with E-state index in [1.54, 1.807) is 18.2 Å². The van der Waals surface area contributed by atoms with Crippen molar-refractivity contribution in [2.45, 2.75) is 13.5 Å². The minimum absolute atomic E-state index is 0.173. The summed E-state index contributed by atoms with van der Waals surface area (Å²) in [6.07, 6.45) is 0. The molecule has 0 aliphatic heterocycles. The molecule has 4 nitrogen and oxygen atoms in total. The van der Waals surface area contributed by atoms with Gasteiger partial charge in [0, 0.05) is 23.9 Å². The van der Waals surface area contributed by atoms with Crippen molar-refractivity contribution in [3.8, 4) is 0 Å². The lowest BCUT2D eigenvalue weighted by atomic mass is 10.2. The lowest BCUT2D eigenvalue weighted by molar-refractivity contribution is -0.142. The molecule has 1 rings (SSSR count). The molecular weight excluding hydrogens is 168 g/mol. The van der Waals surface area contributed by atoms with Crippen LogP contribution in [0.5, 0.6) is 0 Å². The fourth-order valence-electron chi connectivity index (χ4n) is 0.930. The summed E-state index contributed by atoms with van der Waals surface area (Å²) in [4.78, 5) is 10.5. The minimum Gasteiger partial charge on any atom is -0.461 e. The van der Waals surface area contributed by atoms with E-state index in [0.29, 0.717) is 11.4 Å². The highest BCUT2D eigenvalue weighted by atomic mass is 16.5. The zero-order chi connectivity index (χ0) is 9.84. The van der Waals surface area contributed by atoms with E-state index in [-0.39, 0.29) is 12.6 Å². The Morgan fingerprint density at radius 3 is 2.77 bits per heavy atom. The Morgan fingerprint density at radius 1 is 1.46 bits per heavy atom. The third-order valence-corrected chi connectivity index (χ3v) is 1.60. The van der Waals surface area contributed by atoms with E-state index >= 15 is 0 Å². The molecule has 0 unspecified atom stereocenters. The Morgan fingerprint density at radius 2 is 2.15 bits per heavy atom. The predicted octanol–water partition coefficient (Wildman–Crippen LogP) is 0.914. The van der Waals surface area contributed by atoms with Gasteiger partial charge in [0.2, 0.25) is 0 Å². The van der Waals surface area contributed by atoms with Crippen LogP contribution in [0.1, 0.15) is 12.5 Å². The number of hydrogen-bond acceptors (Lipinski definition) is 4. The number of anilines is 2. The summed E-state index contributed by atoms with van der Waals surface area (Å²) in [6, 6.07) is 5.08. The maximum Gasteiger partial charge on any atom is 0.302 e. The van der Waals surface area contributed by atoms with Gasteiger partial charge >= 0.3 is 5.97 Å². The van der Waals surface area contributed by atoms with E-state index in [0.717, 1.165) is 5.56 Å². The number of rotatable bonds is 2. The maximum atomic E-state index is 10.5. The molecule has 0 radical (unpaired) electrons. The number of nitrogen functional groups attached to an aromatic ring is 2. The predicted molar refractivity (Wildman–Crippen MR) is 50.7 cm³/mol. The van der Waals surface area contributed by atoms with E-state index in [1.807, 2.05) is 0 Å². The summed E-state index contributed by atoms with van der Waals surface area (Å²) >= 11 is 0. The van der Waals surface area contributed by atoms with Gasteiger partial charge in [0.05, 0.1) is 0 Å². The molecule has 0 aliphatic carbocycles. The molecule has 0 amide bonds. The summed E-state index contributed by atoms with van der Waals surface area (Å²) in [7, 11) is 0. The van der Waals surface area contributed by atoms with Crippen molar-refractivity contribution < 1.29 is 9.53 Å². The van der Waals surface area contributed by atoms with Crippen LogP contribution in [-0.2, 0) is 16.1 Å². The molecule has 1 aromatic carbocycles. The summed E-state index contributed by atoms with van der Waals surface area (Å²) in [5.41, 5.74) is 13.1. The van der Waals surface area contributed by atoms with Gasteiger partial charge in [-0.1, -0.05) is 0 Å². The highest BCUT2D eigenvalue weighted by Gasteiger charge is 2.01. The number of carbonyl (C=O) groups is 1. The van der Waals surface area contributed by atoms with Crippen LogP contribution < -0.4 is 11.5 Å². The van der Waals surface area contributed by atoms with Crippen LogP contribution in [0, 0.1) is 0 Å². The molecule has 0 heterocycles. The molecular formula is C9H12N2O2. The first-order valence-electron chi connectivity index (χ1n) is 3.87. The van der Waals surface area contributed by atoms with Crippen LogP contribution in [0.25, 0.3) is 0 Å². The van der Waals surface area contributed by atoms with Gasteiger partial charge in [-0.3, -0.25) is 4.79 Å². The molecule has 0 spiro atoms. The molecule has 0 bridgehead atoms. The van der Waals surface area contributed by atoms with Crippen LogP contribution in [0.3, 0.4) is 0 Å². The maximum absolute atomic E-state index is 10.5. The second kappa shape index (κ2) is 3.80. The largest absolute Gasteiger partial charge is 0.461 e. The number of esters is 1. The average Bonchev–Trinajstić information content (AvgIpc) is 2.06. The molecule has 1 aromatic rings. The van der Waals surface area contributed by atoms with E-state index in [9.17, 15) is 4.79 Å². The third-order valence-electron chi connectivity index (χ3n) is 1.60. The molecule has 0 aliphatic rings. The van der Waals surface area contributed by atoms with Crippen molar-refractivity contribution >= 4 is 17.3 Å². The van der Waals surface area contributed by atoms with Crippen LogP contribution in [0.4, 0.5) is 11.4 Å². The summed E-state index contributed by atoms with van der Waals surface area (Å²) < 4.78 is 4.79. The Balaban J connectivity index is 2.75. The van der Waals surface area contributed by atoms with Gasteiger partial charge in [-0.25, -0.2) is 0 Å². The first-order chi connectivity index (χ1) is 6.09. The molecule has 4 heteroatoms. The highest BCUT2D eigenvalue weighted by molar-refractivity contribution is 5.66. The molecule has 13 heavy (non-hydrogen) atoms. The second-order valence-corrected chi connectivity index (χ2v) is 2.74. The van der Waals surface area contributed by atoms with Crippen molar-refractivity contribution in [2.75, 3.05) is 11.5 Å². The SMILES string of the molecule is CC(=O)OCc1cc(N)ccc1N. The number of carbonyl (C=O) groups excluding carboxylic acids is 1. The smallest absolute Gasteiger partial charge is 0.302 e. The van der Waals surface area contributed by atoms with Gasteiger partial charge in [0.15, 0.2) is 0 Å². The Bertz CT molecular complexity index is 323. The normalized spacial score (nSPS) is 9.62. The lowest BCUT2D eigenvalue weighted by Gasteiger charge is -2.06. The van der Waals surface area contributed by atoms with Gasteiger partial charge in [0.25, 0.3) is 0 Å². The fraction of sp³-hybridized carbons (Fsp3) is 0.222. The van der Waals surface area contributed by atoms with E-state index < -0.39 is 0 Å². The van der Waals surface area contributed by atoms with E-state index in [4.69, 9.17) is 16.2 Å². The molecule has 0 atom stereocenters. The number of hydrogen-bond donors (Lipinski definition) is 2. The van der Waals surface area contributed by atoms with Gasteiger partial charge in [-0.15, -0.1) is 0 Å². The Kier molecular flexibility index (Phi) is 2.74. The summed E-state index contributed by atoms with van der Waals surface area (Å²) in [5, 5.41) is 0. The van der Waals surface area contributed by atoms with Gasteiger partial charge < -0.3 is 16.2 Å². The zero-order valence-corrected chi connectivity index (χ0v) is 7.41. The number of ether oxygens (including phenoxy) is 1. The quantitative estimate of drug-likeness (QED) is 0.524. The van der Waals surface area contributed by atoms with Crippen molar-refractivity contribution in [1.29, 1.82) is 0 Å². The number of nitrogens with two attached hydrogens (primary N) is 2. The van der Waals surface area contributed by atoms with Gasteiger partial charge in [-0.05, 0) is 18.2 Å². The fourth-order valence-corrected chi connectivity index (χ4v) is 0.930. The average molecular weight is 180 g/mol. The summed E-state index contributed by atoms with van der Waals surface area (Å²) in [5.74, 6) is -0.332. The van der Waals surface area contributed by atoms with Crippen LogP contribution in [0.2, 0.25) is 0 Å². The first-order valence-corrected chi connectivity index (χ1v) is 3.87. The molecule has 4 N–H and O–H groups in total. The number of benzene rings is 1. The van der Waals surface area contributed by atoms with Crippen molar-refractivity contribution in [2.24, 2.45) is 0 Å². The highest BCUT2D eigenvalue weighted by Crippen LogP contribution is 2.16. The molecule has 0 saturated heterocycles. The first kappa shape index (κ1) is 9.38. The minimum atomic E-state index is -0.332. The van der Waals surface area contributed by atoms with Crippen molar-refractivity contribution in [1.82, 2.24) is 0 Å². The standard InChI is InChI=1S/C9H12N2O2/c1-6(12)13-5-7-4-8(10)2-3-9(7)11/h2-4H,5,10-11H2,1H3. The van der Waals surface area contributed by atoms with Gasteiger partial charge in [-0.2, -0.15) is 0 Å². The van der Waals surface area contributed by atoms with Crippen LogP contribution in [-0.4, -0.2) is 5.97 Å². The topological polar surface area (TPSA) is 78.3 Å². The van der Waals surface area contributed by atoms with E-state index in [2.05, 4.69) is 0 Å². The molecule has 70 valence electrons. The zero-order valence-electron chi connectivity index (χ0n) is 7.41. The molecule has 0 fully saturated rings. The Hall–Kier alpha value is -1.71.